The number of amides is 1. The van der Waals surface area contributed by atoms with Crippen LogP contribution in [-0.4, -0.2) is 35.5 Å². The first kappa shape index (κ1) is 18.0. The van der Waals surface area contributed by atoms with Crippen molar-refractivity contribution in [3.05, 3.63) is 64.4 Å². The van der Waals surface area contributed by atoms with Crippen LogP contribution in [0.1, 0.15) is 28.1 Å². The first-order valence-electron chi connectivity index (χ1n) is 9.44. The van der Waals surface area contributed by atoms with Gasteiger partial charge in [-0.2, -0.15) is 0 Å². The third kappa shape index (κ3) is 4.31. The lowest BCUT2D eigenvalue weighted by atomic mass is 9.96. The topological polar surface area (TPSA) is 52.6 Å². The fourth-order valence-corrected chi connectivity index (χ4v) is 4.46. The van der Waals surface area contributed by atoms with Gasteiger partial charge in [0, 0.05) is 18.0 Å². The summed E-state index contributed by atoms with van der Waals surface area (Å²) in [5.41, 5.74) is 0.351. The number of rotatable bonds is 5. The number of fused-ring (bicyclic) bond motifs is 1. The molecule has 4 rings (SSSR count). The van der Waals surface area contributed by atoms with E-state index in [1.807, 2.05) is 35.6 Å². The largest absolute Gasteiger partial charge is 0.507 e. The van der Waals surface area contributed by atoms with Crippen LogP contribution in [0, 0.1) is 5.92 Å². The van der Waals surface area contributed by atoms with Crippen LogP contribution in [0.4, 0.5) is 0 Å². The Morgan fingerprint density at radius 1 is 1.11 bits per heavy atom. The van der Waals surface area contributed by atoms with Crippen molar-refractivity contribution in [3.63, 3.8) is 0 Å². The molecule has 3 aromatic rings. The van der Waals surface area contributed by atoms with Gasteiger partial charge in [-0.1, -0.05) is 30.3 Å². The number of nitrogens with zero attached hydrogens (tertiary/aromatic N) is 1. The molecule has 0 unspecified atom stereocenters. The van der Waals surface area contributed by atoms with Gasteiger partial charge in [-0.25, -0.2) is 0 Å². The summed E-state index contributed by atoms with van der Waals surface area (Å²) in [5, 5.41) is 17.2. The van der Waals surface area contributed by atoms with Crippen LogP contribution in [0.25, 0.3) is 10.8 Å². The smallest absolute Gasteiger partial charge is 0.255 e. The molecule has 2 heterocycles. The summed E-state index contributed by atoms with van der Waals surface area (Å²) in [5.74, 6) is 0.340. The molecule has 0 spiro atoms. The maximum absolute atomic E-state index is 12.5. The number of aromatic hydroxyl groups is 1. The predicted octanol–water partition coefficient (Wildman–Crippen LogP) is 4.25. The quantitative estimate of drug-likeness (QED) is 0.696. The van der Waals surface area contributed by atoms with Gasteiger partial charge >= 0.3 is 0 Å². The molecule has 1 aliphatic heterocycles. The molecule has 27 heavy (non-hydrogen) atoms. The number of benzene rings is 2. The molecule has 140 valence electrons. The van der Waals surface area contributed by atoms with Crippen molar-refractivity contribution in [1.82, 2.24) is 10.2 Å². The first-order chi connectivity index (χ1) is 13.2. The van der Waals surface area contributed by atoms with E-state index in [1.165, 1.54) is 4.88 Å². The first-order valence-corrected chi connectivity index (χ1v) is 10.3. The highest BCUT2D eigenvalue weighted by molar-refractivity contribution is 7.09. The summed E-state index contributed by atoms with van der Waals surface area (Å²) in [7, 11) is 0. The number of thiophene rings is 1. The Balaban J connectivity index is 1.30. The Bertz CT molecular complexity index is 915. The normalized spacial score (nSPS) is 15.9. The zero-order chi connectivity index (χ0) is 18.6. The predicted molar refractivity (Wildman–Crippen MR) is 110 cm³/mol. The van der Waals surface area contributed by atoms with Crippen LogP contribution in [0.3, 0.4) is 0 Å². The molecular weight excluding hydrogens is 356 g/mol. The maximum atomic E-state index is 12.5. The van der Waals surface area contributed by atoms with Gasteiger partial charge in [0.2, 0.25) is 0 Å². The summed E-state index contributed by atoms with van der Waals surface area (Å²) in [6.45, 7) is 3.83. The third-order valence-corrected chi connectivity index (χ3v) is 6.19. The van der Waals surface area contributed by atoms with Crippen molar-refractivity contribution >= 4 is 28.0 Å². The fourth-order valence-electron chi connectivity index (χ4n) is 3.71. The average molecular weight is 381 g/mol. The lowest BCUT2D eigenvalue weighted by Crippen LogP contribution is -2.38. The van der Waals surface area contributed by atoms with Crippen LogP contribution >= 0.6 is 11.3 Å². The Morgan fingerprint density at radius 3 is 2.56 bits per heavy atom. The van der Waals surface area contributed by atoms with E-state index in [2.05, 4.69) is 27.7 Å². The molecule has 4 nitrogen and oxygen atoms in total. The molecule has 0 radical (unpaired) electrons. The summed E-state index contributed by atoms with van der Waals surface area (Å²) < 4.78 is 0. The van der Waals surface area contributed by atoms with Crippen molar-refractivity contribution in [3.8, 4) is 5.75 Å². The number of hydrogen-bond donors (Lipinski definition) is 2. The van der Waals surface area contributed by atoms with Crippen LogP contribution in [0.15, 0.2) is 53.9 Å². The summed E-state index contributed by atoms with van der Waals surface area (Å²) in [4.78, 5) is 16.4. The minimum Gasteiger partial charge on any atom is -0.507 e. The number of nitrogens with one attached hydrogen (secondary N) is 1. The molecular formula is C22H24N2O2S. The molecule has 0 bridgehead atoms. The van der Waals surface area contributed by atoms with Crippen LogP contribution in [0.2, 0.25) is 0 Å². The van der Waals surface area contributed by atoms with Crippen molar-refractivity contribution in [2.75, 3.05) is 19.6 Å². The highest BCUT2D eigenvalue weighted by atomic mass is 32.1. The highest BCUT2D eigenvalue weighted by Gasteiger charge is 2.21. The van der Waals surface area contributed by atoms with Gasteiger partial charge < -0.3 is 10.4 Å². The fraction of sp³-hybridized carbons (Fsp3) is 0.318. The number of hydrogen-bond acceptors (Lipinski definition) is 4. The Morgan fingerprint density at radius 2 is 1.85 bits per heavy atom. The number of carbonyl (C=O) groups is 1. The van der Waals surface area contributed by atoms with Crippen LogP contribution < -0.4 is 5.32 Å². The summed E-state index contributed by atoms with van der Waals surface area (Å²) >= 11 is 1.81. The Hall–Kier alpha value is -2.37. The van der Waals surface area contributed by atoms with Crippen molar-refractivity contribution < 1.29 is 9.90 Å². The zero-order valence-electron chi connectivity index (χ0n) is 15.2. The minimum atomic E-state index is -0.195. The van der Waals surface area contributed by atoms with E-state index in [0.29, 0.717) is 18.0 Å². The van der Waals surface area contributed by atoms with Gasteiger partial charge in [-0.3, -0.25) is 9.69 Å². The molecule has 2 N–H and O–H groups in total. The van der Waals surface area contributed by atoms with Crippen LogP contribution in [-0.2, 0) is 6.54 Å². The van der Waals surface area contributed by atoms with Gasteiger partial charge in [0.05, 0.1) is 5.56 Å². The second-order valence-corrected chi connectivity index (χ2v) is 8.26. The van der Waals surface area contributed by atoms with E-state index in [0.717, 1.165) is 43.2 Å². The number of carbonyl (C=O) groups excluding carboxylic acids is 1. The number of likely N-dealkylation sites (tertiary alicyclic amines) is 1. The Labute approximate surface area is 163 Å². The van der Waals surface area contributed by atoms with E-state index in [1.54, 1.807) is 12.1 Å². The molecule has 0 atom stereocenters. The van der Waals surface area contributed by atoms with E-state index < -0.39 is 0 Å². The van der Waals surface area contributed by atoms with Gasteiger partial charge in [0.1, 0.15) is 5.75 Å². The van der Waals surface area contributed by atoms with Crippen molar-refractivity contribution in [1.29, 1.82) is 0 Å². The standard InChI is InChI=1S/C22H24N2O2S/c25-21-13-18-5-2-1-4-17(18)12-20(21)22(26)23-14-16-7-9-24(10-8-16)15-19-6-3-11-27-19/h1-6,11-13,16,25H,7-10,14-15H2,(H,23,26). The molecule has 2 aromatic carbocycles. The number of phenolic OH excluding ortho intramolecular Hbond substituents is 1. The Kier molecular flexibility index (Phi) is 5.41. The molecule has 1 aromatic heterocycles. The zero-order valence-corrected chi connectivity index (χ0v) is 16.0. The summed E-state index contributed by atoms with van der Waals surface area (Å²) in [6.07, 6.45) is 2.19. The molecule has 1 aliphatic rings. The highest BCUT2D eigenvalue weighted by Crippen LogP contribution is 2.25. The van der Waals surface area contributed by atoms with Gasteiger partial charge in [-0.05, 0) is 66.2 Å². The second-order valence-electron chi connectivity index (χ2n) is 7.23. The van der Waals surface area contributed by atoms with Gasteiger partial charge in [0.25, 0.3) is 5.91 Å². The lowest BCUT2D eigenvalue weighted by molar-refractivity contribution is 0.0933. The maximum Gasteiger partial charge on any atom is 0.255 e. The van der Waals surface area contributed by atoms with E-state index in [-0.39, 0.29) is 11.7 Å². The lowest BCUT2D eigenvalue weighted by Gasteiger charge is -2.31. The SMILES string of the molecule is O=C(NCC1CCN(Cc2cccs2)CC1)c1cc2ccccc2cc1O. The molecule has 1 saturated heterocycles. The monoisotopic (exact) mass is 380 g/mol. The van der Waals surface area contributed by atoms with Gasteiger partial charge in [-0.15, -0.1) is 11.3 Å². The molecule has 1 amide bonds. The van der Waals surface area contributed by atoms with E-state index in [9.17, 15) is 9.90 Å². The molecule has 0 saturated carbocycles. The number of phenols is 1. The van der Waals surface area contributed by atoms with Gasteiger partial charge in [0.15, 0.2) is 0 Å². The molecule has 0 aliphatic carbocycles. The third-order valence-electron chi connectivity index (χ3n) is 5.33. The second kappa shape index (κ2) is 8.11. The van der Waals surface area contributed by atoms with E-state index >= 15 is 0 Å². The van der Waals surface area contributed by atoms with Crippen molar-refractivity contribution in [2.24, 2.45) is 5.92 Å². The number of piperidine rings is 1. The van der Waals surface area contributed by atoms with Crippen molar-refractivity contribution in [2.45, 2.75) is 19.4 Å². The summed E-state index contributed by atoms with van der Waals surface area (Å²) in [6, 6.07) is 15.5. The average Bonchev–Trinajstić information content (AvgIpc) is 3.19. The molecule has 1 fully saturated rings. The van der Waals surface area contributed by atoms with E-state index in [4.69, 9.17) is 0 Å². The van der Waals surface area contributed by atoms with Crippen LogP contribution in [0.5, 0.6) is 5.75 Å². The minimum absolute atomic E-state index is 0.0389. The molecule has 5 heteroatoms.